The van der Waals surface area contributed by atoms with E-state index >= 15 is 0 Å². The summed E-state index contributed by atoms with van der Waals surface area (Å²) in [6.45, 7) is 2.35. The number of rotatable bonds is 4. The largest absolute Gasteiger partial charge is 0.454 e. The Balaban J connectivity index is 1.48. The number of carbonyl (C=O) groups is 1. The van der Waals surface area contributed by atoms with Crippen LogP contribution < -0.4 is 14.8 Å². The molecule has 0 saturated heterocycles. The van der Waals surface area contributed by atoms with Gasteiger partial charge >= 0.3 is 0 Å². The molecule has 24 heavy (non-hydrogen) atoms. The van der Waals surface area contributed by atoms with E-state index in [1.165, 1.54) is 16.9 Å². The summed E-state index contributed by atoms with van der Waals surface area (Å²) in [7, 11) is 0. The van der Waals surface area contributed by atoms with Crippen LogP contribution in [0.15, 0.2) is 36.4 Å². The highest BCUT2D eigenvalue weighted by molar-refractivity contribution is 7.22. The summed E-state index contributed by atoms with van der Waals surface area (Å²) >= 11 is 1.43. The molecule has 2 heterocycles. The molecule has 0 spiro atoms. The van der Waals surface area contributed by atoms with Crippen molar-refractivity contribution in [2.24, 2.45) is 0 Å². The first-order valence-corrected chi connectivity index (χ1v) is 8.61. The highest BCUT2D eigenvalue weighted by atomic mass is 32.1. The fourth-order valence-electron chi connectivity index (χ4n) is 2.61. The monoisotopic (exact) mass is 340 g/mol. The molecule has 0 atom stereocenters. The average Bonchev–Trinajstić information content (AvgIpc) is 3.18. The number of aromatic nitrogens is 1. The van der Waals surface area contributed by atoms with Gasteiger partial charge in [0.25, 0.3) is 0 Å². The Morgan fingerprint density at radius 2 is 1.88 bits per heavy atom. The molecule has 0 radical (unpaired) electrons. The van der Waals surface area contributed by atoms with Crippen molar-refractivity contribution < 1.29 is 14.3 Å². The summed E-state index contributed by atoms with van der Waals surface area (Å²) in [5.41, 5.74) is 3.06. The Morgan fingerprint density at radius 3 is 2.62 bits per heavy atom. The lowest BCUT2D eigenvalue weighted by atomic mass is 10.1. The van der Waals surface area contributed by atoms with E-state index in [-0.39, 0.29) is 12.7 Å². The minimum absolute atomic E-state index is 0.0710. The van der Waals surface area contributed by atoms with Crippen molar-refractivity contribution in [2.45, 2.75) is 19.8 Å². The van der Waals surface area contributed by atoms with Crippen LogP contribution in [0.3, 0.4) is 0 Å². The van der Waals surface area contributed by atoms with E-state index in [9.17, 15) is 4.79 Å². The number of anilines is 1. The first-order valence-electron chi connectivity index (χ1n) is 7.79. The fourth-order valence-corrected chi connectivity index (χ4v) is 3.51. The van der Waals surface area contributed by atoms with Crippen LogP contribution in [0.4, 0.5) is 5.13 Å². The average molecular weight is 340 g/mol. The maximum atomic E-state index is 12.2. The number of nitrogens with zero attached hydrogens (tertiary/aromatic N) is 1. The van der Waals surface area contributed by atoms with E-state index in [1.54, 1.807) is 0 Å². The van der Waals surface area contributed by atoms with Gasteiger partial charge in [0.2, 0.25) is 12.7 Å². The van der Waals surface area contributed by atoms with E-state index in [2.05, 4.69) is 29.4 Å². The van der Waals surface area contributed by atoms with E-state index in [0.717, 1.165) is 28.0 Å². The molecule has 4 rings (SSSR count). The lowest BCUT2D eigenvalue weighted by molar-refractivity contribution is -0.115. The van der Waals surface area contributed by atoms with Crippen LogP contribution >= 0.6 is 11.3 Å². The van der Waals surface area contributed by atoms with Crippen LogP contribution in [-0.4, -0.2) is 17.7 Å². The molecule has 1 aliphatic rings. The van der Waals surface area contributed by atoms with Crippen LogP contribution in [0, 0.1) is 0 Å². The Labute approximate surface area is 143 Å². The minimum atomic E-state index is -0.0710. The molecular weight excluding hydrogens is 324 g/mol. The van der Waals surface area contributed by atoms with E-state index in [4.69, 9.17) is 9.47 Å². The molecule has 1 amide bonds. The second-order valence-electron chi connectivity index (χ2n) is 5.59. The first-order chi connectivity index (χ1) is 11.7. The normalized spacial score (nSPS) is 12.5. The molecule has 2 aromatic carbocycles. The van der Waals surface area contributed by atoms with E-state index in [0.29, 0.717) is 17.3 Å². The van der Waals surface area contributed by atoms with E-state index in [1.807, 2.05) is 24.3 Å². The number of ether oxygens (including phenoxy) is 2. The number of benzene rings is 2. The van der Waals surface area contributed by atoms with Crippen LogP contribution in [0.5, 0.6) is 11.5 Å². The molecule has 1 aliphatic heterocycles. The molecule has 1 N–H and O–H groups in total. The van der Waals surface area contributed by atoms with Gasteiger partial charge < -0.3 is 14.8 Å². The van der Waals surface area contributed by atoms with Crippen molar-refractivity contribution in [1.82, 2.24) is 4.98 Å². The smallest absolute Gasteiger partial charge is 0.231 e. The van der Waals surface area contributed by atoms with Gasteiger partial charge in [-0.2, -0.15) is 0 Å². The molecule has 0 unspecified atom stereocenters. The molecule has 0 bridgehead atoms. The maximum Gasteiger partial charge on any atom is 0.231 e. The zero-order valence-electron chi connectivity index (χ0n) is 13.2. The van der Waals surface area contributed by atoms with Crippen LogP contribution in [-0.2, 0) is 17.6 Å². The number of amides is 1. The summed E-state index contributed by atoms with van der Waals surface area (Å²) in [6.07, 6.45) is 1.33. The molecule has 3 aromatic rings. The van der Waals surface area contributed by atoms with Gasteiger partial charge in [0.05, 0.1) is 16.6 Å². The van der Waals surface area contributed by atoms with Gasteiger partial charge in [-0.3, -0.25) is 4.79 Å². The third-order valence-electron chi connectivity index (χ3n) is 3.93. The number of nitrogens with one attached hydrogen (secondary N) is 1. The van der Waals surface area contributed by atoms with Crippen LogP contribution in [0.2, 0.25) is 0 Å². The summed E-state index contributed by atoms with van der Waals surface area (Å²) < 4.78 is 11.7. The van der Waals surface area contributed by atoms with E-state index < -0.39 is 0 Å². The highest BCUT2D eigenvalue weighted by Gasteiger charge is 2.17. The molecule has 0 fully saturated rings. The Kier molecular flexibility index (Phi) is 3.82. The summed E-state index contributed by atoms with van der Waals surface area (Å²) in [5.74, 6) is 1.35. The van der Waals surface area contributed by atoms with Gasteiger partial charge in [0.1, 0.15) is 0 Å². The lowest BCUT2D eigenvalue weighted by Gasteiger charge is -2.03. The van der Waals surface area contributed by atoms with Crippen molar-refractivity contribution in [1.29, 1.82) is 0 Å². The standard InChI is InChI=1S/C18H16N2O3S/c1-2-11-3-5-12(6-4-11)7-17(21)20-18-19-13-8-14-15(23-10-22-14)9-16(13)24-18/h3-6,8-9H,2,7,10H2,1H3,(H,19,20,21). The first kappa shape index (κ1) is 15.0. The third-order valence-corrected chi connectivity index (χ3v) is 4.86. The minimum Gasteiger partial charge on any atom is -0.454 e. The number of thiazole rings is 1. The zero-order chi connectivity index (χ0) is 16.5. The number of fused-ring (bicyclic) bond motifs is 2. The van der Waals surface area contributed by atoms with Crippen LogP contribution in [0.1, 0.15) is 18.1 Å². The van der Waals surface area contributed by atoms with Crippen molar-refractivity contribution in [3.8, 4) is 11.5 Å². The quantitative estimate of drug-likeness (QED) is 0.785. The molecule has 5 nitrogen and oxygen atoms in total. The third kappa shape index (κ3) is 2.92. The SMILES string of the molecule is CCc1ccc(CC(=O)Nc2nc3cc4c(cc3s2)OCO4)cc1. The zero-order valence-corrected chi connectivity index (χ0v) is 14.0. The van der Waals surface area contributed by atoms with Gasteiger partial charge in [-0.05, 0) is 17.5 Å². The van der Waals surface area contributed by atoms with Crippen molar-refractivity contribution in [3.63, 3.8) is 0 Å². The second kappa shape index (κ2) is 6.13. The Hall–Kier alpha value is -2.60. The number of hydrogen-bond acceptors (Lipinski definition) is 5. The van der Waals surface area contributed by atoms with Crippen molar-refractivity contribution in [2.75, 3.05) is 12.1 Å². The van der Waals surface area contributed by atoms with Crippen molar-refractivity contribution in [3.05, 3.63) is 47.5 Å². The molecule has 0 saturated carbocycles. The number of hydrogen-bond donors (Lipinski definition) is 1. The van der Waals surface area contributed by atoms with Gasteiger partial charge in [0.15, 0.2) is 16.6 Å². The second-order valence-corrected chi connectivity index (χ2v) is 6.62. The van der Waals surface area contributed by atoms with Gasteiger partial charge in [-0.25, -0.2) is 4.98 Å². The Bertz CT molecular complexity index is 862. The van der Waals surface area contributed by atoms with Gasteiger partial charge in [0, 0.05) is 12.1 Å². The fraction of sp³-hybridized carbons (Fsp3) is 0.222. The maximum absolute atomic E-state index is 12.2. The topological polar surface area (TPSA) is 60.5 Å². The Morgan fingerprint density at radius 1 is 1.17 bits per heavy atom. The number of aryl methyl sites for hydroxylation is 1. The molecule has 122 valence electrons. The summed E-state index contributed by atoms with van der Waals surface area (Å²) in [4.78, 5) is 16.7. The molecular formula is C18H16N2O3S. The summed E-state index contributed by atoms with van der Waals surface area (Å²) in [5, 5.41) is 3.46. The van der Waals surface area contributed by atoms with Gasteiger partial charge in [-0.1, -0.05) is 42.5 Å². The molecule has 6 heteroatoms. The highest BCUT2D eigenvalue weighted by Crippen LogP contribution is 2.38. The molecule has 1 aromatic heterocycles. The van der Waals surface area contributed by atoms with Gasteiger partial charge in [-0.15, -0.1) is 0 Å². The van der Waals surface area contributed by atoms with Crippen molar-refractivity contribution >= 4 is 32.6 Å². The predicted molar refractivity (Wildman–Crippen MR) is 93.9 cm³/mol. The molecule has 0 aliphatic carbocycles. The lowest BCUT2D eigenvalue weighted by Crippen LogP contribution is -2.14. The van der Waals surface area contributed by atoms with Crippen LogP contribution in [0.25, 0.3) is 10.2 Å². The number of carbonyl (C=O) groups excluding carboxylic acids is 1. The summed E-state index contributed by atoms with van der Waals surface area (Å²) in [6, 6.07) is 11.8. The predicted octanol–water partition coefficient (Wildman–Crippen LogP) is 3.77.